The minimum Gasteiger partial charge on any atom is -0.479 e. The van der Waals surface area contributed by atoms with E-state index in [-0.39, 0.29) is 18.6 Å². The predicted molar refractivity (Wildman–Crippen MR) is 83.2 cm³/mol. The van der Waals surface area contributed by atoms with Crippen molar-refractivity contribution in [2.45, 2.75) is 32.0 Å². The second kappa shape index (κ2) is 6.04. The second-order valence-electron chi connectivity index (χ2n) is 5.93. The van der Waals surface area contributed by atoms with Gasteiger partial charge < -0.3 is 19.2 Å². The number of para-hydroxylation sites is 1. The van der Waals surface area contributed by atoms with Crippen molar-refractivity contribution in [3.8, 4) is 0 Å². The quantitative estimate of drug-likeness (QED) is 0.939. The fourth-order valence-corrected chi connectivity index (χ4v) is 2.88. The molecule has 3 rings (SSSR count). The zero-order valence-electron chi connectivity index (χ0n) is 13.1. The molecule has 1 aromatic carbocycles. The number of fused-ring (bicyclic) bond motifs is 1. The van der Waals surface area contributed by atoms with Crippen molar-refractivity contribution in [2.75, 3.05) is 13.1 Å². The molecule has 3 atom stereocenters. The average molecular weight is 317 g/mol. The van der Waals surface area contributed by atoms with E-state index in [0.717, 1.165) is 11.0 Å². The van der Waals surface area contributed by atoms with Crippen molar-refractivity contribution in [3.05, 3.63) is 36.1 Å². The Balaban J connectivity index is 1.79. The van der Waals surface area contributed by atoms with Gasteiger partial charge in [-0.05, 0) is 26.0 Å². The Kier molecular flexibility index (Phi) is 4.09. The van der Waals surface area contributed by atoms with E-state index in [1.807, 2.05) is 30.3 Å². The number of carboxylic acid groups (broad SMARTS) is 1. The van der Waals surface area contributed by atoms with Gasteiger partial charge in [0, 0.05) is 11.9 Å². The van der Waals surface area contributed by atoms with Crippen LogP contribution in [0.25, 0.3) is 11.0 Å². The standard InChI is InChI=1S/C17H19NO5/c1-10-8-18(9-15(22-10)17(20)21)16(19)11(2)14-7-12-5-3-4-6-13(12)23-14/h3-7,10-11,15H,8-9H2,1-2H3,(H,20,21)/t10-,11?,15?/m1/s1. The Morgan fingerprint density at radius 1 is 1.30 bits per heavy atom. The highest BCUT2D eigenvalue weighted by atomic mass is 16.5. The van der Waals surface area contributed by atoms with Gasteiger partial charge in [-0.25, -0.2) is 4.79 Å². The minimum absolute atomic E-state index is 0.0586. The van der Waals surface area contributed by atoms with Crippen LogP contribution < -0.4 is 0 Å². The molecule has 1 aromatic heterocycles. The van der Waals surface area contributed by atoms with Crippen LogP contribution in [0.5, 0.6) is 0 Å². The molecule has 1 amide bonds. The number of amides is 1. The fourth-order valence-electron chi connectivity index (χ4n) is 2.88. The molecule has 6 heteroatoms. The van der Waals surface area contributed by atoms with E-state index in [9.17, 15) is 9.59 Å². The number of hydrogen-bond acceptors (Lipinski definition) is 4. The number of hydrogen-bond donors (Lipinski definition) is 1. The third kappa shape index (κ3) is 3.07. The number of carbonyl (C=O) groups excluding carboxylic acids is 1. The number of furan rings is 1. The van der Waals surface area contributed by atoms with Gasteiger partial charge in [0.05, 0.1) is 18.6 Å². The highest BCUT2D eigenvalue weighted by Gasteiger charge is 2.35. The molecule has 1 N–H and O–H groups in total. The summed E-state index contributed by atoms with van der Waals surface area (Å²) in [5.41, 5.74) is 0.737. The molecule has 2 unspecified atom stereocenters. The van der Waals surface area contributed by atoms with Gasteiger partial charge in [-0.1, -0.05) is 18.2 Å². The second-order valence-corrected chi connectivity index (χ2v) is 5.93. The van der Waals surface area contributed by atoms with Gasteiger partial charge in [0.15, 0.2) is 6.10 Å². The molecule has 1 saturated heterocycles. The summed E-state index contributed by atoms with van der Waals surface area (Å²) in [6.07, 6.45) is -1.29. The first-order valence-electron chi connectivity index (χ1n) is 7.61. The summed E-state index contributed by atoms with van der Waals surface area (Å²) in [5.74, 6) is -1.08. The monoisotopic (exact) mass is 317 g/mol. The molecule has 6 nitrogen and oxygen atoms in total. The van der Waals surface area contributed by atoms with E-state index in [2.05, 4.69) is 0 Å². The molecule has 1 fully saturated rings. The van der Waals surface area contributed by atoms with Gasteiger partial charge in [-0.2, -0.15) is 0 Å². The lowest BCUT2D eigenvalue weighted by atomic mass is 10.1. The molecule has 0 aliphatic carbocycles. The number of nitrogens with zero attached hydrogens (tertiary/aromatic N) is 1. The Morgan fingerprint density at radius 2 is 2.04 bits per heavy atom. The number of rotatable bonds is 3. The van der Waals surface area contributed by atoms with Crippen molar-refractivity contribution in [3.63, 3.8) is 0 Å². The molecular formula is C17H19NO5. The van der Waals surface area contributed by atoms with E-state index in [4.69, 9.17) is 14.3 Å². The van der Waals surface area contributed by atoms with Crippen LogP contribution in [0.1, 0.15) is 25.5 Å². The maximum absolute atomic E-state index is 12.7. The van der Waals surface area contributed by atoms with Crippen molar-refractivity contribution in [1.29, 1.82) is 0 Å². The van der Waals surface area contributed by atoms with Crippen LogP contribution in [0.4, 0.5) is 0 Å². The van der Waals surface area contributed by atoms with Gasteiger partial charge in [-0.3, -0.25) is 4.79 Å². The van der Waals surface area contributed by atoms with E-state index >= 15 is 0 Å². The molecule has 122 valence electrons. The molecule has 0 saturated carbocycles. The number of ether oxygens (including phenoxy) is 1. The zero-order chi connectivity index (χ0) is 16.6. The normalized spacial score (nSPS) is 23.0. The fraction of sp³-hybridized carbons (Fsp3) is 0.412. The molecular weight excluding hydrogens is 298 g/mol. The van der Waals surface area contributed by atoms with Crippen LogP contribution in [0.3, 0.4) is 0 Å². The van der Waals surface area contributed by atoms with Crippen LogP contribution in [0.2, 0.25) is 0 Å². The predicted octanol–water partition coefficient (Wildman–Crippen LogP) is 2.24. The number of aliphatic carboxylic acids is 1. The largest absolute Gasteiger partial charge is 0.479 e. The highest BCUT2D eigenvalue weighted by Crippen LogP contribution is 2.27. The van der Waals surface area contributed by atoms with Crippen molar-refractivity contribution < 1.29 is 23.8 Å². The van der Waals surface area contributed by atoms with E-state index in [0.29, 0.717) is 12.3 Å². The first kappa shape index (κ1) is 15.6. The summed E-state index contributed by atoms with van der Waals surface area (Å²) in [5, 5.41) is 10.1. The summed E-state index contributed by atoms with van der Waals surface area (Å²) < 4.78 is 11.1. The number of morpholine rings is 1. The Morgan fingerprint density at radius 3 is 2.74 bits per heavy atom. The minimum atomic E-state index is -1.05. The lowest BCUT2D eigenvalue weighted by Crippen LogP contribution is -2.52. The van der Waals surface area contributed by atoms with E-state index in [1.54, 1.807) is 18.7 Å². The third-order valence-corrected chi connectivity index (χ3v) is 4.09. The average Bonchev–Trinajstić information content (AvgIpc) is 2.96. The summed E-state index contributed by atoms with van der Waals surface area (Å²) in [7, 11) is 0. The molecule has 0 radical (unpaired) electrons. The lowest BCUT2D eigenvalue weighted by Gasteiger charge is -2.36. The van der Waals surface area contributed by atoms with Crippen LogP contribution in [0.15, 0.2) is 34.7 Å². The molecule has 23 heavy (non-hydrogen) atoms. The molecule has 2 aromatic rings. The lowest BCUT2D eigenvalue weighted by molar-refractivity contribution is -0.167. The Labute approximate surface area is 133 Å². The molecule has 1 aliphatic rings. The molecule has 2 heterocycles. The van der Waals surface area contributed by atoms with Crippen LogP contribution in [0, 0.1) is 0 Å². The van der Waals surface area contributed by atoms with Crippen molar-refractivity contribution in [2.24, 2.45) is 0 Å². The summed E-state index contributed by atoms with van der Waals surface area (Å²) >= 11 is 0. The first-order valence-corrected chi connectivity index (χ1v) is 7.61. The zero-order valence-corrected chi connectivity index (χ0v) is 13.1. The topological polar surface area (TPSA) is 80.0 Å². The molecule has 0 bridgehead atoms. The first-order chi connectivity index (χ1) is 11.0. The number of benzene rings is 1. The molecule has 0 spiro atoms. The Bertz CT molecular complexity index is 704. The van der Waals surface area contributed by atoms with Crippen LogP contribution in [-0.2, 0) is 14.3 Å². The van der Waals surface area contributed by atoms with Crippen LogP contribution >= 0.6 is 0 Å². The highest BCUT2D eigenvalue weighted by molar-refractivity contribution is 5.86. The van der Waals surface area contributed by atoms with Crippen molar-refractivity contribution >= 4 is 22.8 Å². The van der Waals surface area contributed by atoms with Gasteiger partial charge >= 0.3 is 5.97 Å². The van der Waals surface area contributed by atoms with E-state index in [1.165, 1.54) is 0 Å². The Hall–Kier alpha value is -2.34. The van der Waals surface area contributed by atoms with E-state index < -0.39 is 18.0 Å². The summed E-state index contributed by atoms with van der Waals surface area (Å²) in [6.45, 7) is 3.98. The SMILES string of the molecule is CC(C(=O)N1CC(C(=O)O)O[C@H](C)C1)c1cc2ccccc2o1. The third-order valence-electron chi connectivity index (χ3n) is 4.09. The smallest absolute Gasteiger partial charge is 0.334 e. The maximum Gasteiger partial charge on any atom is 0.334 e. The number of carbonyl (C=O) groups is 2. The van der Waals surface area contributed by atoms with Gasteiger partial charge in [0.25, 0.3) is 0 Å². The van der Waals surface area contributed by atoms with Crippen LogP contribution in [-0.4, -0.2) is 47.2 Å². The van der Waals surface area contributed by atoms with Crippen molar-refractivity contribution in [1.82, 2.24) is 4.90 Å². The molecule has 1 aliphatic heterocycles. The van der Waals surface area contributed by atoms with Gasteiger partial charge in [0.2, 0.25) is 5.91 Å². The number of carboxylic acids is 1. The maximum atomic E-state index is 12.7. The van der Waals surface area contributed by atoms with Gasteiger partial charge in [-0.15, -0.1) is 0 Å². The summed E-state index contributed by atoms with van der Waals surface area (Å²) in [4.78, 5) is 25.4. The van der Waals surface area contributed by atoms with Gasteiger partial charge in [0.1, 0.15) is 11.3 Å². The summed E-state index contributed by atoms with van der Waals surface area (Å²) in [6, 6.07) is 9.43.